The fourth-order valence-electron chi connectivity index (χ4n) is 3.54. The molecule has 2 N–H and O–H groups in total. The lowest BCUT2D eigenvalue weighted by Gasteiger charge is -2.09. The van der Waals surface area contributed by atoms with Crippen LogP contribution < -0.4 is 10.1 Å². The lowest BCUT2D eigenvalue weighted by Crippen LogP contribution is -2.28. The molecular formula is C24H27N5O2. The second-order valence-electron chi connectivity index (χ2n) is 8.18. The highest BCUT2D eigenvalue weighted by atomic mass is 16.5. The van der Waals surface area contributed by atoms with Crippen molar-refractivity contribution in [2.75, 3.05) is 13.2 Å². The van der Waals surface area contributed by atoms with E-state index in [9.17, 15) is 4.79 Å². The van der Waals surface area contributed by atoms with Gasteiger partial charge in [-0.25, -0.2) is 0 Å². The van der Waals surface area contributed by atoms with Crippen molar-refractivity contribution in [2.45, 2.75) is 33.1 Å². The van der Waals surface area contributed by atoms with Crippen molar-refractivity contribution in [3.8, 4) is 5.75 Å². The fraction of sp³-hybridized carbons (Fsp3) is 0.333. The second kappa shape index (κ2) is 9.55. The van der Waals surface area contributed by atoms with E-state index in [1.54, 1.807) is 0 Å². The summed E-state index contributed by atoms with van der Waals surface area (Å²) in [5.74, 6) is 1.19. The molecule has 4 rings (SSSR count). The van der Waals surface area contributed by atoms with Gasteiger partial charge in [0.15, 0.2) is 0 Å². The highest BCUT2D eigenvalue weighted by molar-refractivity contribution is 6.15. The van der Waals surface area contributed by atoms with Gasteiger partial charge in [-0.3, -0.25) is 9.89 Å². The van der Waals surface area contributed by atoms with Crippen molar-refractivity contribution in [3.63, 3.8) is 0 Å². The molecule has 31 heavy (non-hydrogen) atoms. The van der Waals surface area contributed by atoms with E-state index in [0.717, 1.165) is 46.5 Å². The number of rotatable bonds is 9. The molecule has 0 unspecified atom stereocenters. The van der Waals surface area contributed by atoms with Gasteiger partial charge in [0.25, 0.3) is 0 Å². The monoisotopic (exact) mass is 417 g/mol. The number of nitrogens with zero attached hydrogens (tertiary/aromatic N) is 3. The minimum Gasteiger partial charge on any atom is -0.492 e. The summed E-state index contributed by atoms with van der Waals surface area (Å²) in [5.41, 5.74) is 5.30. The number of hydrogen-bond donors (Lipinski definition) is 2. The van der Waals surface area contributed by atoms with Crippen molar-refractivity contribution >= 4 is 28.2 Å². The van der Waals surface area contributed by atoms with Crippen molar-refractivity contribution in [1.29, 1.82) is 0 Å². The molecule has 2 heterocycles. The predicted octanol–water partition coefficient (Wildman–Crippen LogP) is 3.90. The smallest absolute Gasteiger partial charge is 0.220 e. The van der Waals surface area contributed by atoms with Gasteiger partial charge in [-0.05, 0) is 53.4 Å². The molecule has 7 nitrogen and oxygen atoms in total. The first kappa shape index (κ1) is 20.8. The van der Waals surface area contributed by atoms with Gasteiger partial charge < -0.3 is 10.1 Å². The van der Waals surface area contributed by atoms with Gasteiger partial charge in [0.05, 0.1) is 29.7 Å². The first-order valence-corrected chi connectivity index (χ1v) is 10.6. The zero-order chi connectivity index (χ0) is 21.6. The molecule has 1 aromatic heterocycles. The normalized spacial score (nSPS) is 13.4. The third-order valence-corrected chi connectivity index (χ3v) is 5.07. The highest BCUT2D eigenvalue weighted by Gasteiger charge is 2.15. The third kappa shape index (κ3) is 5.57. The SMILES string of the molecule is CC(C)CC(=O)NCCOc1ccc(C2=NN=C(Cc3ccc4[nH]ncc4c3)C2)cc1. The van der Waals surface area contributed by atoms with Gasteiger partial charge in [0.2, 0.25) is 5.91 Å². The van der Waals surface area contributed by atoms with Crippen LogP contribution >= 0.6 is 0 Å². The van der Waals surface area contributed by atoms with Crippen LogP contribution in [0.3, 0.4) is 0 Å². The van der Waals surface area contributed by atoms with Gasteiger partial charge >= 0.3 is 0 Å². The van der Waals surface area contributed by atoms with Gasteiger partial charge in [0, 0.05) is 24.6 Å². The topological polar surface area (TPSA) is 91.7 Å². The Morgan fingerprint density at radius 1 is 1.16 bits per heavy atom. The van der Waals surface area contributed by atoms with Crippen LogP contribution in [0.25, 0.3) is 10.9 Å². The van der Waals surface area contributed by atoms with E-state index in [-0.39, 0.29) is 5.91 Å². The number of carbonyl (C=O) groups is 1. The maximum absolute atomic E-state index is 11.6. The van der Waals surface area contributed by atoms with Crippen LogP contribution in [0.1, 0.15) is 37.8 Å². The Morgan fingerprint density at radius 3 is 2.81 bits per heavy atom. The van der Waals surface area contributed by atoms with Crippen molar-refractivity contribution in [1.82, 2.24) is 15.5 Å². The largest absolute Gasteiger partial charge is 0.492 e. The standard InChI is InChI=1S/C24H27N5O2/c1-16(2)11-24(30)25-9-10-31-21-6-4-18(5-7-21)23-14-20(27-29-23)13-17-3-8-22-19(12-17)15-26-28-22/h3-8,12,15-16H,9-11,13-14H2,1-2H3,(H,25,30)(H,26,28). The molecule has 0 saturated carbocycles. The van der Waals surface area contributed by atoms with Crippen LogP contribution in [0.2, 0.25) is 0 Å². The molecule has 0 spiro atoms. The summed E-state index contributed by atoms with van der Waals surface area (Å²) in [6.45, 7) is 5.00. The minimum atomic E-state index is 0.0636. The fourth-order valence-corrected chi connectivity index (χ4v) is 3.54. The molecule has 7 heteroatoms. The quantitative estimate of drug-likeness (QED) is 0.517. The van der Waals surface area contributed by atoms with E-state index in [4.69, 9.17) is 4.74 Å². The van der Waals surface area contributed by atoms with Crippen LogP contribution in [-0.2, 0) is 11.2 Å². The predicted molar refractivity (Wildman–Crippen MR) is 123 cm³/mol. The van der Waals surface area contributed by atoms with E-state index >= 15 is 0 Å². The number of hydrogen-bond acceptors (Lipinski definition) is 5. The summed E-state index contributed by atoms with van der Waals surface area (Å²) in [4.78, 5) is 11.6. The average molecular weight is 418 g/mol. The molecule has 1 aliphatic heterocycles. The van der Waals surface area contributed by atoms with Gasteiger partial charge in [-0.15, -0.1) is 0 Å². The maximum atomic E-state index is 11.6. The Morgan fingerprint density at radius 2 is 2.00 bits per heavy atom. The number of fused-ring (bicyclic) bond motifs is 1. The van der Waals surface area contributed by atoms with Crippen molar-refractivity contribution in [3.05, 3.63) is 59.8 Å². The molecule has 0 saturated heterocycles. The number of amides is 1. The molecule has 0 atom stereocenters. The number of aromatic amines is 1. The molecule has 0 radical (unpaired) electrons. The van der Waals surface area contributed by atoms with Crippen LogP contribution in [0.5, 0.6) is 5.75 Å². The average Bonchev–Trinajstić information content (AvgIpc) is 3.40. The van der Waals surface area contributed by atoms with E-state index in [2.05, 4.69) is 37.8 Å². The maximum Gasteiger partial charge on any atom is 0.220 e. The summed E-state index contributed by atoms with van der Waals surface area (Å²) < 4.78 is 5.72. The van der Waals surface area contributed by atoms with E-state index in [1.807, 2.05) is 50.4 Å². The summed E-state index contributed by atoms with van der Waals surface area (Å²) in [6.07, 6.45) is 3.89. The van der Waals surface area contributed by atoms with Crippen LogP contribution in [0.4, 0.5) is 0 Å². The van der Waals surface area contributed by atoms with Crippen molar-refractivity contribution in [2.24, 2.45) is 16.1 Å². The Labute approximate surface area is 181 Å². The van der Waals surface area contributed by atoms with Crippen LogP contribution in [-0.4, -0.2) is 40.7 Å². The lowest BCUT2D eigenvalue weighted by atomic mass is 10.0. The van der Waals surface area contributed by atoms with Gasteiger partial charge in [0.1, 0.15) is 12.4 Å². The summed E-state index contributed by atoms with van der Waals surface area (Å²) in [6, 6.07) is 14.1. The summed E-state index contributed by atoms with van der Waals surface area (Å²) >= 11 is 0. The number of benzene rings is 2. The Bertz CT molecular complexity index is 1110. The zero-order valence-corrected chi connectivity index (χ0v) is 17.9. The Hall–Kier alpha value is -3.48. The molecule has 1 aliphatic rings. The van der Waals surface area contributed by atoms with Crippen molar-refractivity contribution < 1.29 is 9.53 Å². The molecule has 1 amide bonds. The summed E-state index contributed by atoms with van der Waals surface area (Å²) in [5, 5.41) is 19.8. The lowest BCUT2D eigenvalue weighted by molar-refractivity contribution is -0.121. The minimum absolute atomic E-state index is 0.0636. The van der Waals surface area contributed by atoms with E-state index in [0.29, 0.717) is 25.5 Å². The van der Waals surface area contributed by atoms with Crippen LogP contribution in [0, 0.1) is 5.92 Å². The molecule has 0 bridgehead atoms. The number of aromatic nitrogens is 2. The van der Waals surface area contributed by atoms with E-state index < -0.39 is 0 Å². The second-order valence-corrected chi connectivity index (χ2v) is 8.18. The first-order chi connectivity index (χ1) is 15.1. The molecular weight excluding hydrogens is 390 g/mol. The first-order valence-electron chi connectivity index (χ1n) is 10.6. The Balaban J connectivity index is 1.24. The summed E-state index contributed by atoms with van der Waals surface area (Å²) in [7, 11) is 0. The molecule has 0 fully saturated rings. The number of ether oxygens (including phenoxy) is 1. The number of nitrogens with one attached hydrogen (secondary N) is 2. The molecule has 3 aromatic rings. The molecule has 2 aromatic carbocycles. The van der Waals surface area contributed by atoms with E-state index in [1.165, 1.54) is 5.56 Å². The number of H-pyrrole nitrogens is 1. The third-order valence-electron chi connectivity index (χ3n) is 5.07. The Kier molecular flexibility index (Phi) is 6.40. The molecule has 0 aliphatic carbocycles. The molecule has 160 valence electrons. The van der Waals surface area contributed by atoms with Crippen LogP contribution in [0.15, 0.2) is 58.9 Å². The van der Waals surface area contributed by atoms with Gasteiger partial charge in [-0.2, -0.15) is 15.3 Å². The van der Waals surface area contributed by atoms with Gasteiger partial charge in [-0.1, -0.05) is 19.9 Å². The number of carbonyl (C=O) groups excluding carboxylic acids is 1. The zero-order valence-electron chi connectivity index (χ0n) is 17.9. The highest BCUT2D eigenvalue weighted by Crippen LogP contribution is 2.19.